The van der Waals surface area contributed by atoms with Gasteiger partial charge in [-0.25, -0.2) is 4.39 Å². The van der Waals surface area contributed by atoms with Gasteiger partial charge in [0, 0.05) is 26.2 Å². The highest BCUT2D eigenvalue weighted by molar-refractivity contribution is 9.10. The van der Waals surface area contributed by atoms with E-state index in [-0.39, 0.29) is 5.82 Å². The standard InChI is InChI=1S/C13H7BrClFO/c14-9-2-4-13(16)11(6-9)10-3-1-8(7-17)5-12(10)15/h1-7H. The Morgan fingerprint density at radius 3 is 2.53 bits per heavy atom. The van der Waals surface area contributed by atoms with E-state index in [0.717, 1.165) is 4.47 Å². The van der Waals surface area contributed by atoms with Gasteiger partial charge >= 0.3 is 0 Å². The topological polar surface area (TPSA) is 17.1 Å². The molecule has 0 aromatic heterocycles. The smallest absolute Gasteiger partial charge is 0.150 e. The van der Waals surface area contributed by atoms with Gasteiger partial charge in [-0.3, -0.25) is 4.79 Å². The van der Waals surface area contributed by atoms with Crippen molar-refractivity contribution in [2.45, 2.75) is 0 Å². The molecule has 0 radical (unpaired) electrons. The van der Waals surface area contributed by atoms with Gasteiger partial charge in [0.1, 0.15) is 12.1 Å². The lowest BCUT2D eigenvalue weighted by Crippen LogP contribution is -1.87. The third kappa shape index (κ3) is 2.56. The molecule has 0 atom stereocenters. The van der Waals surface area contributed by atoms with Gasteiger partial charge in [0.15, 0.2) is 0 Å². The Bertz CT molecular complexity index is 584. The molecule has 86 valence electrons. The zero-order valence-corrected chi connectivity index (χ0v) is 10.9. The Kier molecular flexibility index (Phi) is 3.60. The van der Waals surface area contributed by atoms with Crippen molar-refractivity contribution in [2.75, 3.05) is 0 Å². The van der Waals surface area contributed by atoms with Crippen LogP contribution in [0.25, 0.3) is 11.1 Å². The van der Waals surface area contributed by atoms with Crippen LogP contribution in [0.1, 0.15) is 10.4 Å². The van der Waals surface area contributed by atoms with Crippen LogP contribution in [0.2, 0.25) is 5.02 Å². The fraction of sp³-hybridized carbons (Fsp3) is 0. The summed E-state index contributed by atoms with van der Waals surface area (Å²) in [5, 5.41) is 0.353. The van der Waals surface area contributed by atoms with E-state index in [0.29, 0.717) is 28.0 Å². The molecule has 0 bridgehead atoms. The summed E-state index contributed by atoms with van der Waals surface area (Å²) in [6.07, 6.45) is 0.701. The molecule has 0 unspecified atom stereocenters. The van der Waals surface area contributed by atoms with Crippen molar-refractivity contribution in [2.24, 2.45) is 0 Å². The Labute approximate surface area is 111 Å². The predicted molar refractivity (Wildman–Crippen MR) is 69.9 cm³/mol. The summed E-state index contributed by atoms with van der Waals surface area (Å²) in [7, 11) is 0. The van der Waals surface area contributed by atoms with E-state index < -0.39 is 0 Å². The summed E-state index contributed by atoms with van der Waals surface area (Å²) < 4.78 is 14.4. The van der Waals surface area contributed by atoms with Crippen molar-refractivity contribution in [3.8, 4) is 11.1 Å². The average molecular weight is 314 g/mol. The van der Waals surface area contributed by atoms with E-state index in [4.69, 9.17) is 11.6 Å². The molecule has 1 nitrogen and oxygen atoms in total. The Morgan fingerprint density at radius 1 is 1.12 bits per heavy atom. The van der Waals surface area contributed by atoms with Gasteiger partial charge in [-0.2, -0.15) is 0 Å². The van der Waals surface area contributed by atoms with Crippen molar-refractivity contribution in [1.82, 2.24) is 0 Å². The Hall–Kier alpha value is -1.19. The van der Waals surface area contributed by atoms with Crippen molar-refractivity contribution < 1.29 is 9.18 Å². The van der Waals surface area contributed by atoms with Crippen molar-refractivity contribution >= 4 is 33.8 Å². The summed E-state index contributed by atoms with van der Waals surface area (Å²) in [5.41, 5.74) is 1.44. The molecule has 0 saturated heterocycles. The Morgan fingerprint density at radius 2 is 1.88 bits per heavy atom. The number of benzene rings is 2. The maximum atomic E-state index is 13.7. The number of rotatable bonds is 2. The maximum Gasteiger partial charge on any atom is 0.150 e. The first-order chi connectivity index (χ1) is 8.11. The highest BCUT2D eigenvalue weighted by Crippen LogP contribution is 2.32. The molecule has 0 heterocycles. The lowest BCUT2D eigenvalue weighted by atomic mass is 10.0. The minimum Gasteiger partial charge on any atom is -0.298 e. The number of hydrogen-bond acceptors (Lipinski definition) is 1. The average Bonchev–Trinajstić information content (AvgIpc) is 2.32. The lowest BCUT2D eigenvalue weighted by Gasteiger charge is -2.07. The van der Waals surface area contributed by atoms with Crippen molar-refractivity contribution in [3.63, 3.8) is 0 Å². The largest absolute Gasteiger partial charge is 0.298 e. The summed E-state index contributed by atoms with van der Waals surface area (Å²) in [4.78, 5) is 10.6. The minimum atomic E-state index is -0.353. The van der Waals surface area contributed by atoms with E-state index in [9.17, 15) is 9.18 Å². The van der Waals surface area contributed by atoms with E-state index in [2.05, 4.69) is 15.9 Å². The lowest BCUT2D eigenvalue weighted by molar-refractivity contribution is 0.112. The van der Waals surface area contributed by atoms with Crippen LogP contribution < -0.4 is 0 Å². The van der Waals surface area contributed by atoms with E-state index in [1.54, 1.807) is 24.3 Å². The van der Waals surface area contributed by atoms with Gasteiger partial charge in [0.2, 0.25) is 0 Å². The van der Waals surface area contributed by atoms with Gasteiger partial charge in [-0.15, -0.1) is 0 Å². The molecule has 0 aliphatic heterocycles. The molecule has 0 aliphatic carbocycles. The molecule has 0 spiro atoms. The third-order valence-corrected chi connectivity index (χ3v) is 3.15. The second-order valence-electron chi connectivity index (χ2n) is 3.48. The monoisotopic (exact) mass is 312 g/mol. The fourth-order valence-electron chi connectivity index (χ4n) is 1.53. The quantitative estimate of drug-likeness (QED) is 0.733. The molecular formula is C13H7BrClFO. The van der Waals surface area contributed by atoms with Crippen LogP contribution in [0.15, 0.2) is 40.9 Å². The third-order valence-electron chi connectivity index (χ3n) is 2.35. The number of carbonyl (C=O) groups is 1. The molecule has 0 aliphatic rings. The molecule has 0 saturated carbocycles. The van der Waals surface area contributed by atoms with Crippen LogP contribution in [-0.4, -0.2) is 6.29 Å². The highest BCUT2D eigenvalue weighted by atomic mass is 79.9. The molecule has 2 rings (SSSR count). The van der Waals surface area contributed by atoms with E-state index >= 15 is 0 Å². The van der Waals surface area contributed by atoms with Gasteiger partial charge in [-0.05, 0) is 24.3 Å². The highest BCUT2D eigenvalue weighted by Gasteiger charge is 2.09. The van der Waals surface area contributed by atoms with Gasteiger partial charge in [-0.1, -0.05) is 39.7 Å². The number of aldehydes is 1. The molecule has 0 fully saturated rings. The van der Waals surface area contributed by atoms with Gasteiger partial charge in [0.25, 0.3) is 0 Å². The molecule has 0 N–H and O–H groups in total. The zero-order chi connectivity index (χ0) is 12.4. The van der Waals surface area contributed by atoms with E-state index in [1.165, 1.54) is 12.1 Å². The zero-order valence-electron chi connectivity index (χ0n) is 8.58. The SMILES string of the molecule is O=Cc1ccc(-c2cc(Br)ccc2F)c(Cl)c1. The predicted octanol–water partition coefficient (Wildman–Crippen LogP) is 4.72. The summed E-state index contributed by atoms with van der Waals surface area (Å²) in [5.74, 6) is -0.353. The molecule has 4 heteroatoms. The van der Waals surface area contributed by atoms with Gasteiger partial charge < -0.3 is 0 Å². The first-order valence-corrected chi connectivity index (χ1v) is 5.99. The number of carbonyl (C=O) groups excluding carboxylic acids is 1. The van der Waals surface area contributed by atoms with Crippen LogP contribution in [0.3, 0.4) is 0 Å². The second-order valence-corrected chi connectivity index (χ2v) is 4.80. The van der Waals surface area contributed by atoms with Crippen LogP contribution in [0.4, 0.5) is 4.39 Å². The molecule has 0 amide bonds. The van der Waals surface area contributed by atoms with Crippen molar-refractivity contribution in [3.05, 3.63) is 57.3 Å². The van der Waals surface area contributed by atoms with Crippen LogP contribution in [0, 0.1) is 5.82 Å². The minimum absolute atomic E-state index is 0.353. The molecular weight excluding hydrogens is 306 g/mol. The Balaban J connectivity index is 2.60. The summed E-state index contributed by atoms with van der Waals surface area (Å²) in [6.45, 7) is 0. The van der Waals surface area contributed by atoms with E-state index in [1.807, 2.05) is 0 Å². The first kappa shape index (κ1) is 12.3. The van der Waals surface area contributed by atoms with Crippen LogP contribution in [0.5, 0.6) is 0 Å². The van der Waals surface area contributed by atoms with Gasteiger partial charge in [0.05, 0.1) is 0 Å². The summed E-state index contributed by atoms with van der Waals surface area (Å²) >= 11 is 9.31. The fourth-order valence-corrected chi connectivity index (χ4v) is 2.18. The molecule has 2 aromatic rings. The number of hydrogen-bond donors (Lipinski definition) is 0. The van der Waals surface area contributed by atoms with Crippen LogP contribution in [-0.2, 0) is 0 Å². The number of halogens is 3. The first-order valence-electron chi connectivity index (χ1n) is 4.82. The molecule has 17 heavy (non-hydrogen) atoms. The normalized spacial score (nSPS) is 10.3. The summed E-state index contributed by atoms with van der Waals surface area (Å²) in [6, 6.07) is 9.39. The van der Waals surface area contributed by atoms with Crippen molar-refractivity contribution in [1.29, 1.82) is 0 Å². The second kappa shape index (κ2) is 4.98. The maximum absolute atomic E-state index is 13.7. The molecule has 2 aromatic carbocycles. The van der Waals surface area contributed by atoms with Crippen LogP contribution >= 0.6 is 27.5 Å².